The molecule has 1 saturated carbocycles. The fraction of sp³-hybridized carbons (Fsp3) is 0.407. The minimum absolute atomic E-state index is 0.129. The predicted octanol–water partition coefficient (Wildman–Crippen LogP) is 9.15. The summed E-state index contributed by atoms with van der Waals surface area (Å²) >= 11 is 0. The van der Waals surface area contributed by atoms with Crippen LogP contribution >= 0.6 is 0 Å². The number of benzene rings is 3. The van der Waals surface area contributed by atoms with Gasteiger partial charge in [0.05, 0.1) is 0 Å². The van der Waals surface area contributed by atoms with E-state index in [4.69, 9.17) is 0 Å². The highest BCUT2D eigenvalue weighted by molar-refractivity contribution is 5.89. The lowest BCUT2D eigenvalue weighted by atomic mass is 9.77. The number of hydrogen-bond donors (Lipinski definition) is 0. The first kappa shape index (κ1) is 23.5. The zero-order chi connectivity index (χ0) is 23.6. The molecule has 0 heterocycles. The Morgan fingerprint density at radius 3 is 2.18 bits per heavy atom. The molecule has 1 aliphatic carbocycles. The van der Waals surface area contributed by atoms with E-state index in [1.807, 2.05) is 12.1 Å². The van der Waals surface area contributed by atoms with Gasteiger partial charge in [0, 0.05) is 5.39 Å². The summed E-state index contributed by atoms with van der Waals surface area (Å²) in [5.41, 5.74) is 2.92. The number of halogens is 5. The minimum atomic E-state index is -5.17. The van der Waals surface area contributed by atoms with Crippen LogP contribution in [0.25, 0.3) is 21.9 Å². The average Bonchev–Trinajstić information content (AvgIpc) is 2.80. The monoisotopic (exact) mass is 462 g/mol. The van der Waals surface area contributed by atoms with Gasteiger partial charge in [-0.05, 0) is 71.7 Å². The Bertz CT molecular complexity index is 1100. The molecule has 176 valence electrons. The molecule has 0 radical (unpaired) electrons. The molecule has 33 heavy (non-hydrogen) atoms. The lowest BCUT2D eigenvalue weighted by molar-refractivity contribution is -0.276. The van der Waals surface area contributed by atoms with Gasteiger partial charge >= 0.3 is 6.36 Å². The van der Waals surface area contributed by atoms with Gasteiger partial charge in [0.1, 0.15) is 0 Å². The van der Waals surface area contributed by atoms with E-state index >= 15 is 0 Å². The molecular weight excluding hydrogens is 435 g/mol. The van der Waals surface area contributed by atoms with Crippen molar-refractivity contribution in [2.45, 2.75) is 64.1 Å². The fourth-order valence-corrected chi connectivity index (χ4v) is 4.93. The van der Waals surface area contributed by atoms with E-state index in [1.165, 1.54) is 56.6 Å². The second-order valence-corrected chi connectivity index (χ2v) is 8.97. The summed E-state index contributed by atoms with van der Waals surface area (Å²) < 4.78 is 69.6. The minimum Gasteiger partial charge on any atom is -0.399 e. The van der Waals surface area contributed by atoms with Crippen molar-refractivity contribution in [1.29, 1.82) is 0 Å². The van der Waals surface area contributed by atoms with E-state index in [0.717, 1.165) is 23.1 Å². The molecule has 1 fully saturated rings. The molecule has 0 unspecified atom stereocenters. The third-order valence-electron chi connectivity index (χ3n) is 6.73. The molecule has 1 nitrogen and oxygen atoms in total. The van der Waals surface area contributed by atoms with Crippen molar-refractivity contribution >= 4 is 10.8 Å². The van der Waals surface area contributed by atoms with Crippen LogP contribution in [-0.2, 0) is 0 Å². The van der Waals surface area contributed by atoms with E-state index < -0.39 is 23.7 Å². The van der Waals surface area contributed by atoms with Gasteiger partial charge in [0.25, 0.3) is 0 Å². The predicted molar refractivity (Wildman–Crippen MR) is 120 cm³/mol. The van der Waals surface area contributed by atoms with Crippen LogP contribution in [0, 0.1) is 17.6 Å². The Balaban J connectivity index is 1.52. The first-order valence-electron chi connectivity index (χ1n) is 11.5. The summed E-state index contributed by atoms with van der Waals surface area (Å²) in [4.78, 5) is 0. The number of ether oxygens (including phenoxy) is 1. The van der Waals surface area contributed by atoms with Crippen molar-refractivity contribution < 1.29 is 26.7 Å². The molecule has 0 bridgehead atoms. The number of hydrogen-bond acceptors (Lipinski definition) is 1. The first-order valence-corrected chi connectivity index (χ1v) is 11.5. The van der Waals surface area contributed by atoms with Gasteiger partial charge < -0.3 is 4.74 Å². The molecule has 6 heteroatoms. The molecule has 0 N–H and O–H groups in total. The van der Waals surface area contributed by atoms with Crippen LogP contribution in [-0.4, -0.2) is 6.36 Å². The van der Waals surface area contributed by atoms with Gasteiger partial charge in [-0.2, -0.15) is 0 Å². The van der Waals surface area contributed by atoms with E-state index in [2.05, 4.69) is 23.8 Å². The zero-order valence-corrected chi connectivity index (χ0v) is 18.5. The average molecular weight is 463 g/mol. The van der Waals surface area contributed by atoms with Crippen LogP contribution < -0.4 is 4.74 Å². The molecule has 0 spiro atoms. The summed E-state index contributed by atoms with van der Waals surface area (Å²) in [5, 5.41) is 0.0438. The van der Waals surface area contributed by atoms with Crippen LogP contribution in [0.4, 0.5) is 22.0 Å². The van der Waals surface area contributed by atoms with Gasteiger partial charge in [-0.3, -0.25) is 0 Å². The van der Waals surface area contributed by atoms with Crippen LogP contribution in [0.2, 0.25) is 0 Å². The molecule has 0 saturated heterocycles. The first-order chi connectivity index (χ1) is 15.7. The van der Waals surface area contributed by atoms with Gasteiger partial charge in [-0.15, -0.1) is 13.2 Å². The maximum Gasteiger partial charge on any atom is 0.573 e. The van der Waals surface area contributed by atoms with Crippen LogP contribution in [0.15, 0.2) is 48.5 Å². The number of alkyl halides is 3. The zero-order valence-electron chi connectivity index (χ0n) is 18.5. The normalized spacial score (nSPS) is 19.1. The molecule has 4 rings (SSSR count). The summed E-state index contributed by atoms with van der Waals surface area (Å²) in [5.74, 6) is -2.78. The maximum absolute atomic E-state index is 14.5. The smallest absolute Gasteiger partial charge is 0.399 e. The quantitative estimate of drug-likeness (QED) is 0.332. The molecule has 3 aromatic rings. The fourth-order valence-electron chi connectivity index (χ4n) is 4.93. The molecule has 3 aromatic carbocycles. The second-order valence-electron chi connectivity index (χ2n) is 8.97. The summed E-state index contributed by atoms with van der Waals surface area (Å²) in [6, 6.07) is 13.6. The standard InChI is InChI=1S/C27H27F5O/c1-2-3-4-17-5-7-18(8-6-17)19-9-11-20(12-10-19)21-13-14-23-22(15-21)16-24(28)26(25(23)29)33-27(30,31)32/h9-18H,2-8H2,1H3. The van der Waals surface area contributed by atoms with Crippen molar-refractivity contribution in [3.05, 3.63) is 65.7 Å². The highest BCUT2D eigenvalue weighted by atomic mass is 19.4. The molecule has 0 aliphatic heterocycles. The number of unbranched alkanes of at least 4 members (excludes halogenated alkanes) is 1. The highest BCUT2D eigenvalue weighted by Crippen LogP contribution is 2.39. The van der Waals surface area contributed by atoms with E-state index in [9.17, 15) is 22.0 Å². The van der Waals surface area contributed by atoms with Crippen LogP contribution in [0.5, 0.6) is 5.75 Å². The Kier molecular flexibility index (Phi) is 6.91. The van der Waals surface area contributed by atoms with E-state index in [1.54, 1.807) is 12.1 Å². The third kappa shape index (κ3) is 5.48. The van der Waals surface area contributed by atoms with Crippen molar-refractivity contribution in [3.8, 4) is 16.9 Å². The Morgan fingerprint density at radius 1 is 0.879 bits per heavy atom. The van der Waals surface area contributed by atoms with Crippen molar-refractivity contribution in [1.82, 2.24) is 0 Å². The largest absolute Gasteiger partial charge is 0.573 e. The molecule has 0 aromatic heterocycles. The molecule has 1 aliphatic rings. The van der Waals surface area contributed by atoms with Crippen molar-refractivity contribution in [3.63, 3.8) is 0 Å². The lowest BCUT2D eigenvalue weighted by Crippen LogP contribution is -2.19. The van der Waals surface area contributed by atoms with Gasteiger partial charge in [-0.25, -0.2) is 8.78 Å². The summed E-state index contributed by atoms with van der Waals surface area (Å²) in [6.45, 7) is 2.23. The lowest BCUT2D eigenvalue weighted by Gasteiger charge is -2.29. The maximum atomic E-state index is 14.5. The van der Waals surface area contributed by atoms with Gasteiger partial charge in [-0.1, -0.05) is 62.6 Å². The molecule has 0 atom stereocenters. The van der Waals surface area contributed by atoms with E-state index in [0.29, 0.717) is 5.92 Å². The molecule has 0 amide bonds. The summed E-state index contributed by atoms with van der Waals surface area (Å²) in [7, 11) is 0. The van der Waals surface area contributed by atoms with E-state index in [-0.39, 0.29) is 10.8 Å². The van der Waals surface area contributed by atoms with Gasteiger partial charge in [0.15, 0.2) is 11.6 Å². The second kappa shape index (κ2) is 9.70. The Morgan fingerprint density at radius 2 is 1.55 bits per heavy atom. The Hall–Kier alpha value is -2.63. The van der Waals surface area contributed by atoms with Crippen molar-refractivity contribution in [2.75, 3.05) is 0 Å². The van der Waals surface area contributed by atoms with Gasteiger partial charge in [0.2, 0.25) is 5.75 Å². The highest BCUT2D eigenvalue weighted by Gasteiger charge is 2.34. The summed E-state index contributed by atoms with van der Waals surface area (Å²) in [6.07, 6.45) is 3.65. The van der Waals surface area contributed by atoms with Crippen LogP contribution in [0.1, 0.15) is 63.4 Å². The molecular formula is C27H27F5O. The van der Waals surface area contributed by atoms with Crippen LogP contribution in [0.3, 0.4) is 0 Å². The SMILES string of the molecule is CCCCC1CCC(c2ccc(-c3ccc4c(F)c(OC(F)(F)F)c(F)cc4c3)cc2)CC1. The third-order valence-corrected chi connectivity index (χ3v) is 6.73. The Labute approximate surface area is 190 Å². The van der Waals surface area contributed by atoms with Crippen molar-refractivity contribution in [2.24, 2.45) is 5.92 Å². The number of fused-ring (bicyclic) bond motifs is 1. The topological polar surface area (TPSA) is 9.23 Å². The number of rotatable bonds is 6.